The molecule has 3 heterocycles. The Hall–Kier alpha value is -0.660. The molecule has 3 rings (SSSR count). The Balaban J connectivity index is 0.000000281. The van der Waals surface area contributed by atoms with Crippen LogP contribution in [0.25, 0.3) is 0 Å². The van der Waals surface area contributed by atoms with Crippen LogP contribution in [0.15, 0.2) is 0 Å². The molecule has 2 unspecified atom stereocenters. The molecule has 0 spiro atoms. The highest BCUT2D eigenvalue weighted by molar-refractivity contribution is 7.88. The van der Waals surface area contributed by atoms with E-state index in [0.29, 0.717) is 41.2 Å². The van der Waals surface area contributed by atoms with Crippen molar-refractivity contribution in [3.63, 3.8) is 0 Å². The van der Waals surface area contributed by atoms with E-state index in [1.54, 1.807) is 11.2 Å². The first-order chi connectivity index (χ1) is 16.7. The number of nitrogens with one attached hydrogen (secondary N) is 1. The number of hydrogen-bond acceptors (Lipinski definition) is 4. The quantitative estimate of drug-likeness (QED) is 0.429. The number of sulfonamides is 1. The van der Waals surface area contributed by atoms with Gasteiger partial charge in [-0.1, -0.05) is 68.7 Å². The highest BCUT2D eigenvalue weighted by Gasteiger charge is 2.32. The van der Waals surface area contributed by atoms with Crippen molar-refractivity contribution in [3.05, 3.63) is 0 Å². The molecule has 1 N–H and O–H groups in total. The number of likely N-dealkylation sites (tertiary alicyclic amines) is 1. The molecule has 3 aliphatic heterocycles. The minimum Gasteiger partial charge on any atom is -0.343 e. The van der Waals surface area contributed by atoms with Crippen LogP contribution in [-0.2, 0) is 14.8 Å². The number of carbonyl (C=O) groups is 1. The molecule has 0 radical (unpaired) electrons. The first-order valence-electron chi connectivity index (χ1n) is 14.7. The van der Waals surface area contributed by atoms with E-state index in [0.717, 1.165) is 32.0 Å². The Morgan fingerprint density at radius 1 is 0.730 bits per heavy atom. The summed E-state index contributed by atoms with van der Waals surface area (Å²) in [5, 5.41) is 3.56. The van der Waals surface area contributed by atoms with E-state index >= 15 is 0 Å². The molecule has 0 aliphatic carbocycles. The number of nitrogens with zero attached hydrogens (tertiary/aromatic N) is 2. The summed E-state index contributed by atoms with van der Waals surface area (Å²) in [6, 6.07) is 0.751. The van der Waals surface area contributed by atoms with Crippen LogP contribution in [0.1, 0.15) is 114 Å². The van der Waals surface area contributed by atoms with Gasteiger partial charge in [0.2, 0.25) is 15.9 Å². The van der Waals surface area contributed by atoms with E-state index in [4.69, 9.17) is 0 Å². The molecule has 0 aromatic rings. The van der Waals surface area contributed by atoms with Gasteiger partial charge in [-0.25, -0.2) is 12.7 Å². The van der Waals surface area contributed by atoms with Crippen LogP contribution < -0.4 is 5.32 Å². The van der Waals surface area contributed by atoms with Crippen LogP contribution in [0.4, 0.5) is 0 Å². The van der Waals surface area contributed by atoms with Crippen molar-refractivity contribution in [2.75, 3.05) is 39.0 Å². The average Bonchev–Trinajstić information content (AvgIpc) is 2.78. The Labute approximate surface area is 230 Å². The fourth-order valence-corrected chi connectivity index (χ4v) is 6.49. The lowest BCUT2D eigenvalue weighted by Crippen LogP contribution is -2.43. The number of amides is 1. The van der Waals surface area contributed by atoms with Crippen molar-refractivity contribution in [2.45, 2.75) is 120 Å². The van der Waals surface area contributed by atoms with Gasteiger partial charge in [0.25, 0.3) is 0 Å². The molecule has 220 valence electrons. The fourth-order valence-electron chi connectivity index (χ4n) is 5.61. The van der Waals surface area contributed by atoms with Gasteiger partial charge in [-0.05, 0) is 73.2 Å². The molecule has 37 heavy (non-hydrogen) atoms. The van der Waals surface area contributed by atoms with Gasteiger partial charge in [0.1, 0.15) is 0 Å². The van der Waals surface area contributed by atoms with Crippen molar-refractivity contribution >= 4 is 15.9 Å². The Kier molecular flexibility index (Phi) is 13.1. The van der Waals surface area contributed by atoms with Crippen LogP contribution >= 0.6 is 0 Å². The van der Waals surface area contributed by atoms with E-state index in [2.05, 4.69) is 67.6 Å². The van der Waals surface area contributed by atoms with Crippen molar-refractivity contribution in [2.24, 2.45) is 28.1 Å². The molecule has 1 amide bonds. The molecule has 7 heteroatoms. The maximum Gasteiger partial charge on any atom is 0.219 e. The molecule has 6 nitrogen and oxygen atoms in total. The first-order valence-corrected chi connectivity index (χ1v) is 16.5. The summed E-state index contributed by atoms with van der Waals surface area (Å²) in [4.78, 5) is 13.2. The molecule has 3 saturated heterocycles. The standard InChI is InChI=1S/C11H21NO.C10H21NO2S.C9H19N/c1-9(13)12-7-5-6-10(8-12)11(2,3)4;1-10(2,3)9-5-7-11(8-6-9)14(4,12)13;1-9(2,3)8-6-4-5-7-10-8/h10H,5-8H2,1-4H3;9H,5-8H2,1-4H3;8,10H,4-7H2,1-3H3. The number of carbonyl (C=O) groups excluding carboxylic acids is 1. The van der Waals surface area contributed by atoms with Gasteiger partial charge in [0, 0.05) is 39.1 Å². The van der Waals surface area contributed by atoms with Crippen molar-refractivity contribution in [3.8, 4) is 0 Å². The van der Waals surface area contributed by atoms with Crippen molar-refractivity contribution in [1.82, 2.24) is 14.5 Å². The van der Waals surface area contributed by atoms with Gasteiger partial charge in [-0.15, -0.1) is 0 Å². The molecule has 0 aromatic carbocycles. The lowest BCUT2D eigenvalue weighted by Gasteiger charge is -2.39. The van der Waals surface area contributed by atoms with Gasteiger partial charge < -0.3 is 10.2 Å². The summed E-state index contributed by atoms with van der Waals surface area (Å²) < 4.78 is 24.1. The summed E-state index contributed by atoms with van der Waals surface area (Å²) in [6.45, 7) is 26.6. The molecule has 3 aliphatic rings. The number of piperidine rings is 3. The van der Waals surface area contributed by atoms with Gasteiger partial charge in [0.05, 0.1) is 6.26 Å². The van der Waals surface area contributed by atoms with E-state index in [9.17, 15) is 13.2 Å². The minimum atomic E-state index is -2.96. The van der Waals surface area contributed by atoms with E-state index in [-0.39, 0.29) is 5.91 Å². The zero-order valence-corrected chi connectivity index (χ0v) is 27.1. The third kappa shape index (κ3) is 12.8. The number of hydrogen-bond donors (Lipinski definition) is 1. The van der Waals surface area contributed by atoms with Crippen LogP contribution in [0.5, 0.6) is 0 Å². The highest BCUT2D eigenvalue weighted by Crippen LogP contribution is 2.35. The van der Waals surface area contributed by atoms with E-state index < -0.39 is 10.0 Å². The minimum absolute atomic E-state index is 0.231. The fraction of sp³-hybridized carbons (Fsp3) is 0.967. The third-order valence-corrected chi connectivity index (χ3v) is 9.90. The summed E-state index contributed by atoms with van der Waals surface area (Å²) in [5.41, 5.74) is 1.11. The topological polar surface area (TPSA) is 69.7 Å². The summed E-state index contributed by atoms with van der Waals surface area (Å²) in [6.07, 6.45) is 9.87. The van der Waals surface area contributed by atoms with Crippen LogP contribution in [-0.4, -0.2) is 68.6 Å². The molecular formula is C30H61N3O3S. The van der Waals surface area contributed by atoms with Crippen LogP contribution in [0.3, 0.4) is 0 Å². The van der Waals surface area contributed by atoms with Gasteiger partial charge in [0.15, 0.2) is 0 Å². The maximum atomic E-state index is 11.3. The molecule has 0 saturated carbocycles. The average molecular weight is 544 g/mol. The first kappa shape index (κ1) is 34.4. The molecule has 0 bridgehead atoms. The van der Waals surface area contributed by atoms with E-state index in [1.807, 2.05) is 4.90 Å². The smallest absolute Gasteiger partial charge is 0.219 e. The highest BCUT2D eigenvalue weighted by atomic mass is 32.2. The zero-order chi connectivity index (χ0) is 28.7. The summed E-state index contributed by atoms with van der Waals surface area (Å²) in [7, 11) is -2.96. The Morgan fingerprint density at radius 2 is 1.27 bits per heavy atom. The van der Waals surface area contributed by atoms with Gasteiger partial charge in [-0.2, -0.15) is 0 Å². The Morgan fingerprint density at radius 3 is 1.62 bits per heavy atom. The molecular weight excluding hydrogens is 482 g/mol. The van der Waals surface area contributed by atoms with Gasteiger partial charge >= 0.3 is 0 Å². The predicted octanol–water partition coefficient (Wildman–Crippen LogP) is 6.17. The second-order valence-electron chi connectivity index (χ2n) is 14.8. The molecule has 3 fully saturated rings. The SMILES string of the molecule is CC(=O)N1CCCC(C(C)(C)C)C1.CC(C)(C)C1CCCCN1.CC(C)(C)C1CCN(S(C)(=O)=O)CC1. The second kappa shape index (κ2) is 14.1. The van der Waals surface area contributed by atoms with E-state index in [1.165, 1.54) is 44.9 Å². The van der Waals surface area contributed by atoms with Crippen LogP contribution in [0, 0.1) is 28.1 Å². The monoisotopic (exact) mass is 543 g/mol. The lowest BCUT2D eigenvalue weighted by molar-refractivity contribution is -0.131. The number of rotatable bonds is 1. The lowest BCUT2D eigenvalue weighted by atomic mass is 9.76. The zero-order valence-electron chi connectivity index (χ0n) is 26.2. The molecule has 0 aromatic heterocycles. The summed E-state index contributed by atoms with van der Waals surface area (Å²) in [5.74, 6) is 1.56. The Bertz CT molecular complexity index is 776. The van der Waals surface area contributed by atoms with Gasteiger partial charge in [-0.3, -0.25) is 4.79 Å². The normalized spacial score (nSPS) is 24.9. The van der Waals surface area contributed by atoms with Crippen molar-refractivity contribution in [1.29, 1.82) is 0 Å². The second-order valence-corrected chi connectivity index (χ2v) is 16.8. The maximum absolute atomic E-state index is 11.3. The summed E-state index contributed by atoms with van der Waals surface area (Å²) >= 11 is 0. The molecule has 2 atom stereocenters. The van der Waals surface area contributed by atoms with Crippen LogP contribution in [0.2, 0.25) is 0 Å². The third-order valence-electron chi connectivity index (χ3n) is 8.59. The van der Waals surface area contributed by atoms with Crippen molar-refractivity contribution < 1.29 is 13.2 Å². The largest absolute Gasteiger partial charge is 0.343 e. The predicted molar refractivity (Wildman–Crippen MR) is 158 cm³/mol.